The summed E-state index contributed by atoms with van der Waals surface area (Å²) in [4.78, 5) is 29.8. The molecule has 0 saturated heterocycles. The van der Waals surface area contributed by atoms with E-state index in [9.17, 15) is 9.59 Å². The van der Waals surface area contributed by atoms with Gasteiger partial charge < -0.3 is 25.0 Å². The van der Waals surface area contributed by atoms with Gasteiger partial charge in [-0.25, -0.2) is 4.79 Å². The van der Waals surface area contributed by atoms with Gasteiger partial charge in [-0.3, -0.25) is 9.78 Å². The van der Waals surface area contributed by atoms with Gasteiger partial charge in [0.2, 0.25) is 0 Å². The molecule has 0 fully saturated rings. The number of pyridine rings is 1. The van der Waals surface area contributed by atoms with E-state index in [-0.39, 0.29) is 12.0 Å². The SMILES string of the molecule is COc1ccc(NC(=O)NCC(C)Oc2cccnc2)cc1C(=O)N(C)C. The first-order valence-corrected chi connectivity index (χ1v) is 8.42. The van der Waals surface area contributed by atoms with Gasteiger partial charge in [-0.15, -0.1) is 0 Å². The minimum atomic E-state index is -0.398. The van der Waals surface area contributed by atoms with Gasteiger partial charge in [-0.1, -0.05) is 0 Å². The molecule has 1 heterocycles. The van der Waals surface area contributed by atoms with Crippen LogP contribution in [0.4, 0.5) is 10.5 Å². The third kappa shape index (κ3) is 5.88. The summed E-state index contributed by atoms with van der Waals surface area (Å²) in [5.41, 5.74) is 0.855. The fourth-order valence-corrected chi connectivity index (χ4v) is 2.30. The van der Waals surface area contributed by atoms with E-state index < -0.39 is 6.03 Å². The van der Waals surface area contributed by atoms with Crippen molar-refractivity contribution in [2.75, 3.05) is 33.1 Å². The highest BCUT2D eigenvalue weighted by Crippen LogP contribution is 2.23. The number of benzene rings is 1. The Morgan fingerprint density at radius 2 is 2.04 bits per heavy atom. The zero-order chi connectivity index (χ0) is 19.8. The summed E-state index contributed by atoms with van der Waals surface area (Å²) < 4.78 is 10.9. The van der Waals surface area contributed by atoms with Gasteiger partial charge in [0.15, 0.2) is 0 Å². The quantitative estimate of drug-likeness (QED) is 0.778. The topological polar surface area (TPSA) is 92.8 Å². The molecule has 2 aromatic rings. The summed E-state index contributed by atoms with van der Waals surface area (Å²) in [6, 6.07) is 8.06. The van der Waals surface area contributed by atoms with Crippen molar-refractivity contribution in [3.8, 4) is 11.5 Å². The fraction of sp³-hybridized carbons (Fsp3) is 0.316. The van der Waals surface area contributed by atoms with Crippen LogP contribution < -0.4 is 20.1 Å². The number of anilines is 1. The molecule has 3 amide bonds. The van der Waals surface area contributed by atoms with E-state index in [4.69, 9.17) is 9.47 Å². The molecule has 144 valence electrons. The third-order valence-electron chi connectivity index (χ3n) is 3.62. The Kier molecular flexibility index (Phi) is 6.99. The van der Waals surface area contributed by atoms with Crippen LogP contribution in [0.2, 0.25) is 0 Å². The maximum absolute atomic E-state index is 12.2. The molecule has 8 heteroatoms. The minimum absolute atomic E-state index is 0.214. The predicted molar refractivity (Wildman–Crippen MR) is 102 cm³/mol. The van der Waals surface area contributed by atoms with Gasteiger partial charge in [-0.05, 0) is 37.3 Å². The Balaban J connectivity index is 1.93. The number of carbonyl (C=O) groups is 2. The lowest BCUT2D eigenvalue weighted by Gasteiger charge is -2.17. The molecule has 0 aliphatic rings. The molecule has 0 bridgehead atoms. The molecule has 0 aliphatic heterocycles. The van der Waals surface area contributed by atoms with Gasteiger partial charge in [0.1, 0.15) is 17.6 Å². The van der Waals surface area contributed by atoms with Crippen LogP contribution in [0.3, 0.4) is 0 Å². The van der Waals surface area contributed by atoms with E-state index in [0.29, 0.717) is 29.3 Å². The van der Waals surface area contributed by atoms with Crippen LogP contribution in [0, 0.1) is 0 Å². The van der Waals surface area contributed by atoms with Crippen molar-refractivity contribution in [3.63, 3.8) is 0 Å². The highest BCUT2D eigenvalue weighted by atomic mass is 16.5. The Morgan fingerprint density at radius 3 is 2.67 bits per heavy atom. The molecule has 1 atom stereocenters. The average Bonchev–Trinajstić information content (AvgIpc) is 2.66. The normalized spacial score (nSPS) is 11.3. The van der Waals surface area contributed by atoms with Gasteiger partial charge in [0.05, 0.1) is 25.4 Å². The van der Waals surface area contributed by atoms with E-state index in [1.54, 1.807) is 56.8 Å². The third-order valence-corrected chi connectivity index (χ3v) is 3.62. The Labute approximate surface area is 158 Å². The molecular weight excluding hydrogens is 348 g/mol. The molecule has 0 aliphatic carbocycles. The van der Waals surface area contributed by atoms with Crippen LogP contribution in [0.5, 0.6) is 11.5 Å². The van der Waals surface area contributed by atoms with Gasteiger partial charge in [0.25, 0.3) is 5.91 Å². The zero-order valence-corrected chi connectivity index (χ0v) is 15.9. The minimum Gasteiger partial charge on any atom is -0.496 e. The number of methoxy groups -OCH3 is 1. The number of carbonyl (C=O) groups excluding carboxylic acids is 2. The molecule has 0 saturated carbocycles. The summed E-state index contributed by atoms with van der Waals surface area (Å²) >= 11 is 0. The average molecular weight is 372 g/mol. The molecule has 27 heavy (non-hydrogen) atoms. The highest BCUT2D eigenvalue weighted by molar-refractivity contribution is 5.99. The zero-order valence-electron chi connectivity index (χ0n) is 15.9. The van der Waals surface area contributed by atoms with Crippen LogP contribution in [0.1, 0.15) is 17.3 Å². The summed E-state index contributed by atoms with van der Waals surface area (Å²) in [6.07, 6.45) is 3.03. The first kappa shape index (κ1) is 20.0. The van der Waals surface area contributed by atoms with Gasteiger partial charge in [0, 0.05) is 26.0 Å². The summed E-state index contributed by atoms with van der Waals surface area (Å²) in [7, 11) is 4.79. The summed E-state index contributed by atoms with van der Waals surface area (Å²) in [6.45, 7) is 2.15. The molecule has 8 nitrogen and oxygen atoms in total. The van der Waals surface area contributed by atoms with E-state index in [2.05, 4.69) is 15.6 Å². The maximum atomic E-state index is 12.2. The molecule has 1 unspecified atom stereocenters. The smallest absolute Gasteiger partial charge is 0.319 e. The Bertz CT molecular complexity index is 781. The molecule has 1 aromatic carbocycles. The molecule has 1 aromatic heterocycles. The lowest BCUT2D eigenvalue weighted by atomic mass is 10.1. The largest absolute Gasteiger partial charge is 0.496 e. The fourth-order valence-electron chi connectivity index (χ4n) is 2.30. The van der Waals surface area contributed by atoms with Gasteiger partial charge >= 0.3 is 6.03 Å². The van der Waals surface area contributed by atoms with Crippen LogP contribution >= 0.6 is 0 Å². The van der Waals surface area contributed by atoms with Crippen molar-refractivity contribution in [1.29, 1.82) is 0 Å². The number of hydrogen-bond acceptors (Lipinski definition) is 5. The lowest BCUT2D eigenvalue weighted by molar-refractivity contribution is 0.0824. The lowest BCUT2D eigenvalue weighted by Crippen LogP contribution is -2.36. The van der Waals surface area contributed by atoms with Gasteiger partial charge in [-0.2, -0.15) is 0 Å². The van der Waals surface area contributed by atoms with Crippen LogP contribution in [-0.2, 0) is 0 Å². The molecule has 2 N–H and O–H groups in total. The van der Waals surface area contributed by atoms with Crippen molar-refractivity contribution >= 4 is 17.6 Å². The van der Waals surface area contributed by atoms with E-state index in [1.165, 1.54) is 12.0 Å². The van der Waals surface area contributed by atoms with Crippen LogP contribution in [0.15, 0.2) is 42.7 Å². The predicted octanol–water partition coefficient (Wildman–Crippen LogP) is 2.38. The maximum Gasteiger partial charge on any atom is 0.319 e. The summed E-state index contributed by atoms with van der Waals surface area (Å²) in [5, 5.41) is 5.43. The summed E-state index contributed by atoms with van der Waals surface area (Å²) in [5.74, 6) is 0.863. The standard InChI is InChI=1S/C19H24N4O4/c1-13(27-15-6-5-9-20-12-15)11-21-19(25)22-14-7-8-17(26-4)16(10-14)18(24)23(2)3/h5-10,12-13H,11H2,1-4H3,(H2,21,22,25). The number of nitrogens with zero attached hydrogens (tertiary/aromatic N) is 2. The van der Waals surface area contributed by atoms with E-state index in [0.717, 1.165) is 0 Å². The van der Waals surface area contributed by atoms with Crippen molar-refractivity contribution in [2.24, 2.45) is 0 Å². The molecular formula is C19H24N4O4. The first-order valence-electron chi connectivity index (χ1n) is 8.42. The van der Waals surface area contributed by atoms with E-state index in [1.807, 2.05) is 6.92 Å². The van der Waals surface area contributed by atoms with Crippen LogP contribution in [-0.4, -0.2) is 55.7 Å². The second-order valence-electron chi connectivity index (χ2n) is 6.07. The van der Waals surface area contributed by atoms with Crippen LogP contribution in [0.25, 0.3) is 0 Å². The Morgan fingerprint density at radius 1 is 1.26 bits per heavy atom. The van der Waals surface area contributed by atoms with Crippen molar-refractivity contribution < 1.29 is 19.1 Å². The first-order chi connectivity index (χ1) is 12.9. The number of hydrogen-bond donors (Lipinski definition) is 2. The molecule has 0 radical (unpaired) electrons. The molecule has 0 spiro atoms. The number of aromatic nitrogens is 1. The number of ether oxygens (including phenoxy) is 2. The van der Waals surface area contributed by atoms with Crippen molar-refractivity contribution in [1.82, 2.24) is 15.2 Å². The van der Waals surface area contributed by atoms with E-state index >= 15 is 0 Å². The number of urea groups is 1. The second-order valence-corrected chi connectivity index (χ2v) is 6.07. The van der Waals surface area contributed by atoms with Crippen molar-refractivity contribution in [2.45, 2.75) is 13.0 Å². The second kappa shape index (κ2) is 9.42. The van der Waals surface area contributed by atoms with Crippen molar-refractivity contribution in [3.05, 3.63) is 48.3 Å². The Hall–Kier alpha value is -3.29. The molecule has 2 rings (SSSR count). The monoisotopic (exact) mass is 372 g/mol. The number of amides is 3. The number of rotatable bonds is 7. The highest BCUT2D eigenvalue weighted by Gasteiger charge is 2.16. The number of nitrogens with one attached hydrogen (secondary N) is 2.